The fourth-order valence-electron chi connectivity index (χ4n) is 2.16. The monoisotopic (exact) mass is 215 g/mol. The summed E-state index contributed by atoms with van der Waals surface area (Å²) in [6.07, 6.45) is 4.73. The van der Waals surface area contributed by atoms with Crippen molar-refractivity contribution in [1.29, 1.82) is 0 Å². The number of aliphatic hydroxyl groups is 1. The Morgan fingerprint density at radius 3 is 2.60 bits per heavy atom. The zero-order valence-corrected chi connectivity index (χ0v) is 9.95. The summed E-state index contributed by atoms with van der Waals surface area (Å²) >= 11 is 0. The molecule has 0 saturated carbocycles. The van der Waals surface area contributed by atoms with Crippen LogP contribution in [0, 0.1) is 5.92 Å². The fraction of sp³-hybridized carbons (Fsp3) is 1.00. The molecule has 1 atom stereocenters. The second-order valence-electron chi connectivity index (χ2n) is 4.43. The van der Waals surface area contributed by atoms with Gasteiger partial charge in [-0.05, 0) is 31.7 Å². The number of hydrogen-bond donors (Lipinski definition) is 1. The molecule has 3 nitrogen and oxygen atoms in total. The third-order valence-corrected chi connectivity index (χ3v) is 3.15. The molecule has 0 aromatic heterocycles. The fourth-order valence-corrected chi connectivity index (χ4v) is 2.16. The van der Waals surface area contributed by atoms with Gasteiger partial charge in [-0.2, -0.15) is 0 Å². The molecule has 0 aromatic carbocycles. The van der Waals surface area contributed by atoms with Crippen molar-refractivity contribution in [2.45, 2.75) is 32.6 Å². The Morgan fingerprint density at radius 2 is 2.00 bits per heavy atom. The van der Waals surface area contributed by atoms with Crippen LogP contribution in [-0.4, -0.2) is 49.5 Å². The molecule has 1 saturated heterocycles. The summed E-state index contributed by atoms with van der Waals surface area (Å²) in [5.41, 5.74) is 0. The van der Waals surface area contributed by atoms with E-state index in [-0.39, 0.29) is 0 Å². The molecule has 1 heterocycles. The minimum absolute atomic E-state index is 0.358. The standard InChI is InChI=1S/C12H25NO2/c1-2-4-12(11-14)5-3-6-13-7-9-15-10-8-13/h12,14H,2-11H2,1H3/t12-/m0/s1. The van der Waals surface area contributed by atoms with E-state index < -0.39 is 0 Å². The van der Waals surface area contributed by atoms with Crippen LogP contribution in [0.25, 0.3) is 0 Å². The molecule has 0 aliphatic carbocycles. The molecule has 0 unspecified atom stereocenters. The summed E-state index contributed by atoms with van der Waals surface area (Å²) in [6.45, 7) is 7.65. The summed E-state index contributed by atoms with van der Waals surface area (Å²) in [5.74, 6) is 0.524. The first-order chi connectivity index (χ1) is 7.36. The number of morpholine rings is 1. The van der Waals surface area contributed by atoms with Crippen molar-refractivity contribution < 1.29 is 9.84 Å². The topological polar surface area (TPSA) is 32.7 Å². The van der Waals surface area contributed by atoms with Crippen LogP contribution in [0.3, 0.4) is 0 Å². The second kappa shape index (κ2) is 8.08. The molecule has 90 valence electrons. The Kier molecular flexibility index (Phi) is 6.98. The predicted molar refractivity (Wildman–Crippen MR) is 62.0 cm³/mol. The van der Waals surface area contributed by atoms with Crippen LogP contribution in [0.15, 0.2) is 0 Å². The highest BCUT2D eigenvalue weighted by atomic mass is 16.5. The molecule has 3 heteroatoms. The minimum atomic E-state index is 0.358. The van der Waals surface area contributed by atoms with Crippen LogP contribution in [0.1, 0.15) is 32.6 Å². The molecule has 1 N–H and O–H groups in total. The lowest BCUT2D eigenvalue weighted by molar-refractivity contribution is 0.0362. The number of aliphatic hydroxyl groups excluding tert-OH is 1. The van der Waals surface area contributed by atoms with Crippen LogP contribution in [-0.2, 0) is 4.74 Å². The molecule has 0 amide bonds. The zero-order chi connectivity index (χ0) is 10.9. The number of nitrogens with zero attached hydrogens (tertiary/aromatic N) is 1. The van der Waals surface area contributed by atoms with Crippen LogP contribution in [0.5, 0.6) is 0 Å². The molecule has 15 heavy (non-hydrogen) atoms. The van der Waals surface area contributed by atoms with Crippen molar-refractivity contribution in [2.75, 3.05) is 39.5 Å². The van der Waals surface area contributed by atoms with E-state index in [0.29, 0.717) is 12.5 Å². The third-order valence-electron chi connectivity index (χ3n) is 3.15. The van der Waals surface area contributed by atoms with Crippen LogP contribution < -0.4 is 0 Å². The largest absolute Gasteiger partial charge is 0.396 e. The molecule has 1 aliphatic heterocycles. The van der Waals surface area contributed by atoms with E-state index in [0.717, 1.165) is 26.3 Å². The predicted octanol–water partition coefficient (Wildman–Crippen LogP) is 1.51. The molecular weight excluding hydrogens is 190 g/mol. The second-order valence-corrected chi connectivity index (χ2v) is 4.43. The summed E-state index contributed by atoms with van der Waals surface area (Å²) in [6, 6.07) is 0. The van der Waals surface area contributed by atoms with Crippen molar-refractivity contribution in [3.63, 3.8) is 0 Å². The number of rotatable bonds is 7. The van der Waals surface area contributed by atoms with Gasteiger partial charge in [0.2, 0.25) is 0 Å². The van der Waals surface area contributed by atoms with E-state index in [1.54, 1.807) is 0 Å². The maximum Gasteiger partial charge on any atom is 0.0594 e. The van der Waals surface area contributed by atoms with Crippen molar-refractivity contribution in [3.8, 4) is 0 Å². The van der Waals surface area contributed by atoms with Gasteiger partial charge in [0.05, 0.1) is 13.2 Å². The van der Waals surface area contributed by atoms with Gasteiger partial charge in [0, 0.05) is 19.7 Å². The van der Waals surface area contributed by atoms with Gasteiger partial charge in [-0.3, -0.25) is 4.90 Å². The maximum absolute atomic E-state index is 9.16. The van der Waals surface area contributed by atoms with Gasteiger partial charge in [-0.1, -0.05) is 13.3 Å². The highest BCUT2D eigenvalue weighted by Gasteiger charge is 2.11. The smallest absolute Gasteiger partial charge is 0.0594 e. The number of hydrogen-bond acceptors (Lipinski definition) is 3. The number of ether oxygens (including phenoxy) is 1. The Balaban J connectivity index is 2.03. The Morgan fingerprint density at radius 1 is 1.27 bits per heavy atom. The quantitative estimate of drug-likeness (QED) is 0.698. The first-order valence-electron chi connectivity index (χ1n) is 6.27. The first-order valence-corrected chi connectivity index (χ1v) is 6.27. The van der Waals surface area contributed by atoms with Gasteiger partial charge in [-0.15, -0.1) is 0 Å². The summed E-state index contributed by atoms with van der Waals surface area (Å²) in [7, 11) is 0. The normalized spacial score (nSPS) is 20.4. The highest BCUT2D eigenvalue weighted by Crippen LogP contribution is 2.13. The van der Waals surface area contributed by atoms with Gasteiger partial charge in [0.25, 0.3) is 0 Å². The molecule has 0 spiro atoms. The van der Waals surface area contributed by atoms with Gasteiger partial charge in [-0.25, -0.2) is 0 Å². The van der Waals surface area contributed by atoms with E-state index in [1.807, 2.05) is 0 Å². The SMILES string of the molecule is CCC[C@H](CO)CCCN1CCOCC1. The van der Waals surface area contributed by atoms with Crippen LogP contribution in [0.2, 0.25) is 0 Å². The van der Waals surface area contributed by atoms with Crippen molar-refractivity contribution in [2.24, 2.45) is 5.92 Å². The third kappa shape index (κ3) is 5.50. The first kappa shape index (κ1) is 12.9. The van der Waals surface area contributed by atoms with Crippen molar-refractivity contribution in [3.05, 3.63) is 0 Å². The summed E-state index contributed by atoms with van der Waals surface area (Å²) in [4.78, 5) is 2.46. The summed E-state index contributed by atoms with van der Waals surface area (Å²) < 4.78 is 5.31. The molecule has 0 radical (unpaired) electrons. The van der Waals surface area contributed by atoms with Crippen LogP contribution in [0.4, 0.5) is 0 Å². The van der Waals surface area contributed by atoms with E-state index in [2.05, 4.69) is 11.8 Å². The average Bonchev–Trinajstić information content (AvgIpc) is 2.29. The minimum Gasteiger partial charge on any atom is -0.396 e. The molecule has 1 rings (SSSR count). The molecule has 1 aliphatic rings. The van der Waals surface area contributed by atoms with Gasteiger partial charge < -0.3 is 9.84 Å². The zero-order valence-electron chi connectivity index (χ0n) is 9.95. The van der Waals surface area contributed by atoms with E-state index >= 15 is 0 Å². The molecule has 0 bridgehead atoms. The Labute approximate surface area is 93.4 Å². The molecule has 1 fully saturated rings. The lowest BCUT2D eigenvalue weighted by atomic mass is 9.99. The Hall–Kier alpha value is -0.120. The lowest BCUT2D eigenvalue weighted by Crippen LogP contribution is -2.37. The highest BCUT2D eigenvalue weighted by molar-refractivity contribution is 4.64. The lowest BCUT2D eigenvalue weighted by Gasteiger charge is -2.27. The molecular formula is C12H25NO2. The van der Waals surface area contributed by atoms with Crippen molar-refractivity contribution in [1.82, 2.24) is 4.90 Å². The average molecular weight is 215 g/mol. The van der Waals surface area contributed by atoms with E-state index in [4.69, 9.17) is 9.84 Å². The van der Waals surface area contributed by atoms with Crippen LogP contribution >= 0.6 is 0 Å². The maximum atomic E-state index is 9.16. The van der Waals surface area contributed by atoms with Crippen molar-refractivity contribution >= 4 is 0 Å². The van der Waals surface area contributed by atoms with Gasteiger partial charge in [0.15, 0.2) is 0 Å². The Bertz CT molecular complexity index is 142. The van der Waals surface area contributed by atoms with Gasteiger partial charge in [0.1, 0.15) is 0 Å². The van der Waals surface area contributed by atoms with E-state index in [9.17, 15) is 0 Å². The van der Waals surface area contributed by atoms with E-state index in [1.165, 1.54) is 32.2 Å². The summed E-state index contributed by atoms with van der Waals surface area (Å²) in [5, 5.41) is 9.16. The van der Waals surface area contributed by atoms with Gasteiger partial charge >= 0.3 is 0 Å². The molecule has 0 aromatic rings.